The highest BCUT2D eigenvalue weighted by molar-refractivity contribution is 6.32. The number of carbonyl (C=O) groups excluding carboxylic acids is 2. The molecule has 0 aromatic heterocycles. The second kappa shape index (κ2) is 13.4. The van der Waals surface area contributed by atoms with Gasteiger partial charge in [0.25, 0.3) is 5.91 Å². The molecule has 8 heteroatoms. The van der Waals surface area contributed by atoms with Crippen molar-refractivity contribution in [1.82, 2.24) is 5.32 Å². The van der Waals surface area contributed by atoms with Gasteiger partial charge in [0.1, 0.15) is 0 Å². The van der Waals surface area contributed by atoms with Gasteiger partial charge in [-0.2, -0.15) is 0 Å². The summed E-state index contributed by atoms with van der Waals surface area (Å²) in [6, 6.07) is 24.3. The molecule has 2 amide bonds. The Balaban J connectivity index is 1.43. The van der Waals surface area contributed by atoms with Gasteiger partial charge in [-0.25, -0.2) is 4.99 Å². The first-order chi connectivity index (χ1) is 19.9. The summed E-state index contributed by atoms with van der Waals surface area (Å²) in [5.41, 5.74) is 3.58. The SMILES string of the molecule is CN1C(=O)C(NC(=O)C(Cc2ccccc2)[C@H](O)COC2CCCCC2)N=C(c2ccccc2)c2cc(Cl)ccc21. The topological polar surface area (TPSA) is 91.2 Å². The van der Waals surface area contributed by atoms with E-state index in [2.05, 4.69) is 5.32 Å². The van der Waals surface area contributed by atoms with Gasteiger partial charge in [0.15, 0.2) is 0 Å². The molecule has 2 aliphatic rings. The number of anilines is 1. The lowest BCUT2D eigenvalue weighted by molar-refractivity contribution is -0.134. The van der Waals surface area contributed by atoms with Crippen molar-refractivity contribution in [2.24, 2.45) is 10.9 Å². The number of nitrogens with zero attached hydrogens (tertiary/aromatic N) is 2. The summed E-state index contributed by atoms with van der Waals surface area (Å²) in [7, 11) is 1.66. The molecule has 2 unspecified atom stereocenters. The molecule has 1 saturated carbocycles. The summed E-state index contributed by atoms with van der Waals surface area (Å²) in [6.07, 6.45) is 3.50. The van der Waals surface area contributed by atoms with E-state index in [-0.39, 0.29) is 18.6 Å². The van der Waals surface area contributed by atoms with Crippen LogP contribution in [-0.2, 0) is 20.7 Å². The molecule has 0 saturated heterocycles. The largest absolute Gasteiger partial charge is 0.390 e. The number of benzodiazepines with no additional fused rings is 1. The molecule has 41 heavy (non-hydrogen) atoms. The summed E-state index contributed by atoms with van der Waals surface area (Å²) in [6.45, 7) is 0.0522. The third kappa shape index (κ3) is 7.04. The number of aliphatic hydroxyl groups excluding tert-OH is 1. The third-order valence-corrected chi connectivity index (χ3v) is 8.11. The van der Waals surface area contributed by atoms with E-state index in [9.17, 15) is 14.7 Å². The third-order valence-electron chi connectivity index (χ3n) is 7.88. The molecule has 3 aromatic rings. The van der Waals surface area contributed by atoms with Crippen LogP contribution in [0.3, 0.4) is 0 Å². The Hall–Kier alpha value is -3.52. The lowest BCUT2D eigenvalue weighted by Gasteiger charge is -2.28. The molecule has 1 aliphatic heterocycles. The quantitative estimate of drug-likeness (QED) is 0.370. The summed E-state index contributed by atoms with van der Waals surface area (Å²) in [5.74, 6) is -1.69. The number of hydrogen-bond donors (Lipinski definition) is 2. The monoisotopic (exact) mass is 573 g/mol. The number of carbonyl (C=O) groups is 2. The normalized spacial score (nSPS) is 19.1. The van der Waals surface area contributed by atoms with Gasteiger partial charge in [0.05, 0.1) is 36.1 Å². The number of nitrogens with one attached hydrogen (secondary N) is 1. The maximum Gasteiger partial charge on any atom is 0.272 e. The summed E-state index contributed by atoms with van der Waals surface area (Å²) < 4.78 is 6.04. The minimum Gasteiger partial charge on any atom is -0.390 e. The number of amides is 2. The smallest absolute Gasteiger partial charge is 0.272 e. The molecule has 0 spiro atoms. The average molecular weight is 574 g/mol. The number of fused-ring (bicyclic) bond motifs is 1. The minimum absolute atomic E-state index is 0.0522. The molecule has 3 aromatic carbocycles. The van der Waals surface area contributed by atoms with E-state index in [0.717, 1.165) is 36.8 Å². The van der Waals surface area contributed by atoms with Gasteiger partial charge >= 0.3 is 0 Å². The van der Waals surface area contributed by atoms with Crippen LogP contribution in [0.1, 0.15) is 48.8 Å². The second-order valence-electron chi connectivity index (χ2n) is 10.8. The highest BCUT2D eigenvalue weighted by atomic mass is 35.5. The van der Waals surface area contributed by atoms with Crippen LogP contribution in [0.4, 0.5) is 5.69 Å². The van der Waals surface area contributed by atoms with E-state index < -0.39 is 24.1 Å². The molecule has 214 valence electrons. The molecule has 0 bridgehead atoms. The fraction of sp³-hybridized carbons (Fsp3) is 0.364. The maximum atomic E-state index is 13.9. The Morgan fingerprint density at radius 2 is 1.73 bits per heavy atom. The molecule has 3 atom stereocenters. The first-order valence-corrected chi connectivity index (χ1v) is 14.6. The van der Waals surface area contributed by atoms with Crippen molar-refractivity contribution in [3.8, 4) is 0 Å². The molecule has 7 nitrogen and oxygen atoms in total. The van der Waals surface area contributed by atoms with Crippen molar-refractivity contribution in [2.45, 2.75) is 56.9 Å². The standard InChI is InChI=1S/C33H36ClN3O4/c1-37-28-18-17-24(34)20-26(28)30(23-13-7-3-8-14-23)35-31(33(37)40)36-32(39)27(19-22-11-5-2-6-12-22)29(38)21-41-25-15-9-4-10-16-25/h2-3,5-8,11-14,17-18,20,25,27,29,31,38H,4,9-10,15-16,19,21H2,1H3,(H,36,39)/t27?,29-,31?/m1/s1. The van der Waals surface area contributed by atoms with Crippen molar-refractivity contribution in [3.05, 3.63) is 101 Å². The van der Waals surface area contributed by atoms with Crippen molar-refractivity contribution < 1.29 is 19.4 Å². The van der Waals surface area contributed by atoms with E-state index in [4.69, 9.17) is 21.3 Å². The van der Waals surface area contributed by atoms with Crippen LogP contribution < -0.4 is 10.2 Å². The molecule has 5 rings (SSSR count). The predicted molar refractivity (Wildman–Crippen MR) is 161 cm³/mol. The Bertz CT molecular complexity index is 1380. The maximum absolute atomic E-state index is 13.9. The average Bonchev–Trinajstić information content (AvgIpc) is 3.10. The first-order valence-electron chi connectivity index (χ1n) is 14.3. The Morgan fingerprint density at radius 1 is 1.05 bits per heavy atom. The van der Waals surface area contributed by atoms with Gasteiger partial charge in [-0.05, 0) is 43.0 Å². The van der Waals surface area contributed by atoms with Crippen molar-refractivity contribution in [3.63, 3.8) is 0 Å². The van der Waals surface area contributed by atoms with Crippen molar-refractivity contribution >= 4 is 34.8 Å². The zero-order chi connectivity index (χ0) is 28.8. The van der Waals surface area contributed by atoms with Gasteiger partial charge in [-0.3, -0.25) is 9.59 Å². The van der Waals surface area contributed by atoms with E-state index >= 15 is 0 Å². The van der Waals surface area contributed by atoms with Gasteiger partial charge in [-0.15, -0.1) is 0 Å². The number of aliphatic hydroxyl groups is 1. The number of likely N-dealkylation sites (N-methyl/N-ethyl adjacent to an activating group) is 1. The molecular weight excluding hydrogens is 538 g/mol. The minimum atomic E-state index is -1.20. The predicted octanol–water partition coefficient (Wildman–Crippen LogP) is 5.17. The van der Waals surface area contributed by atoms with E-state index in [1.54, 1.807) is 25.2 Å². The van der Waals surface area contributed by atoms with Gasteiger partial charge in [0, 0.05) is 23.2 Å². The number of hydrogen-bond acceptors (Lipinski definition) is 5. The fourth-order valence-corrected chi connectivity index (χ4v) is 5.73. The van der Waals surface area contributed by atoms with E-state index in [1.165, 1.54) is 11.3 Å². The summed E-state index contributed by atoms with van der Waals surface area (Å²) >= 11 is 6.36. The molecular formula is C33H36ClN3O4. The number of rotatable bonds is 9. The fourth-order valence-electron chi connectivity index (χ4n) is 5.56. The van der Waals surface area contributed by atoms with E-state index in [0.29, 0.717) is 28.4 Å². The molecule has 0 radical (unpaired) electrons. The van der Waals surface area contributed by atoms with Gasteiger partial charge < -0.3 is 20.1 Å². The van der Waals surface area contributed by atoms with Crippen LogP contribution in [0.25, 0.3) is 0 Å². The molecule has 1 fully saturated rings. The highest BCUT2D eigenvalue weighted by Crippen LogP contribution is 2.30. The molecule has 1 aliphatic carbocycles. The zero-order valence-electron chi connectivity index (χ0n) is 23.2. The molecule has 1 heterocycles. The van der Waals surface area contributed by atoms with Crippen LogP contribution in [0.5, 0.6) is 0 Å². The molecule has 2 N–H and O–H groups in total. The number of aliphatic imine (C=N–C) groups is 1. The van der Waals surface area contributed by atoms with Gasteiger partial charge in [-0.1, -0.05) is 91.5 Å². The lowest BCUT2D eigenvalue weighted by Crippen LogP contribution is -2.50. The number of ether oxygens (including phenoxy) is 1. The van der Waals surface area contributed by atoms with Crippen LogP contribution in [-0.4, -0.2) is 54.7 Å². The Morgan fingerprint density at radius 3 is 2.44 bits per heavy atom. The second-order valence-corrected chi connectivity index (χ2v) is 11.2. The van der Waals surface area contributed by atoms with Crippen LogP contribution in [0.2, 0.25) is 5.02 Å². The van der Waals surface area contributed by atoms with Crippen LogP contribution >= 0.6 is 11.6 Å². The number of halogens is 1. The highest BCUT2D eigenvalue weighted by Gasteiger charge is 2.35. The lowest BCUT2D eigenvalue weighted by atomic mass is 9.92. The zero-order valence-corrected chi connectivity index (χ0v) is 24.0. The Kier molecular flexibility index (Phi) is 9.49. The number of benzene rings is 3. The van der Waals surface area contributed by atoms with Crippen molar-refractivity contribution in [2.75, 3.05) is 18.6 Å². The Labute approximate surface area is 246 Å². The first kappa shape index (κ1) is 29.0. The summed E-state index contributed by atoms with van der Waals surface area (Å²) in [4.78, 5) is 33.8. The van der Waals surface area contributed by atoms with Crippen LogP contribution in [0.15, 0.2) is 83.9 Å². The van der Waals surface area contributed by atoms with Crippen molar-refractivity contribution in [1.29, 1.82) is 0 Å². The van der Waals surface area contributed by atoms with Gasteiger partial charge in [0.2, 0.25) is 12.1 Å². The summed E-state index contributed by atoms with van der Waals surface area (Å²) in [5, 5.41) is 14.6. The van der Waals surface area contributed by atoms with Crippen LogP contribution in [0, 0.1) is 5.92 Å². The van der Waals surface area contributed by atoms with E-state index in [1.807, 2.05) is 60.7 Å².